The second kappa shape index (κ2) is 9.16. The van der Waals surface area contributed by atoms with Gasteiger partial charge >= 0.3 is 0 Å². The van der Waals surface area contributed by atoms with E-state index < -0.39 is 5.91 Å². The lowest BCUT2D eigenvalue weighted by Gasteiger charge is -2.18. The van der Waals surface area contributed by atoms with Gasteiger partial charge in [0, 0.05) is 35.0 Å². The molecule has 30 heavy (non-hydrogen) atoms. The van der Waals surface area contributed by atoms with Gasteiger partial charge in [-0.15, -0.1) is 0 Å². The van der Waals surface area contributed by atoms with Crippen LogP contribution in [0.5, 0.6) is 0 Å². The van der Waals surface area contributed by atoms with Crippen LogP contribution < -0.4 is 16.1 Å². The number of H-pyrrole nitrogens is 1. The summed E-state index contributed by atoms with van der Waals surface area (Å²) in [6.07, 6.45) is 8.91. The topological polar surface area (TPSA) is 74.0 Å². The van der Waals surface area contributed by atoms with E-state index in [-0.39, 0.29) is 11.0 Å². The van der Waals surface area contributed by atoms with Crippen molar-refractivity contribution in [1.82, 2.24) is 4.98 Å². The molecule has 1 aromatic heterocycles. The highest BCUT2D eigenvalue weighted by Gasteiger charge is 2.16. The highest BCUT2D eigenvalue weighted by atomic mass is 16.2. The van der Waals surface area contributed by atoms with E-state index in [9.17, 15) is 9.59 Å². The molecule has 0 bridgehead atoms. The summed E-state index contributed by atoms with van der Waals surface area (Å²) in [5, 5.41) is 6.98. The van der Waals surface area contributed by atoms with Gasteiger partial charge in [-0.25, -0.2) is 0 Å². The summed E-state index contributed by atoms with van der Waals surface area (Å²) in [5.41, 5.74) is 3.64. The highest BCUT2D eigenvalue weighted by Crippen LogP contribution is 2.32. The fraction of sp³-hybridized carbons (Fsp3) is 0.360. The molecular formula is C25H29N3O2. The van der Waals surface area contributed by atoms with E-state index in [0.717, 1.165) is 24.2 Å². The molecule has 5 nitrogen and oxygen atoms in total. The Morgan fingerprint density at radius 1 is 1.03 bits per heavy atom. The fourth-order valence-electron chi connectivity index (χ4n) is 4.24. The highest BCUT2D eigenvalue weighted by molar-refractivity contribution is 6.05. The summed E-state index contributed by atoms with van der Waals surface area (Å²) in [6.45, 7) is 3.20. The number of hydrogen-bond acceptors (Lipinski definition) is 3. The summed E-state index contributed by atoms with van der Waals surface area (Å²) >= 11 is 0. The molecule has 0 fully saturated rings. The van der Waals surface area contributed by atoms with E-state index in [1.807, 2.05) is 24.3 Å². The lowest BCUT2D eigenvalue weighted by Crippen LogP contribution is -2.22. The van der Waals surface area contributed by atoms with Crippen LogP contribution in [0.1, 0.15) is 67.3 Å². The Morgan fingerprint density at radius 3 is 2.73 bits per heavy atom. The lowest BCUT2D eigenvalue weighted by atomic mass is 9.93. The molecule has 0 saturated heterocycles. The number of nitrogens with one attached hydrogen (secondary N) is 3. The Labute approximate surface area is 176 Å². The van der Waals surface area contributed by atoms with Crippen LogP contribution in [-0.2, 0) is 0 Å². The molecule has 5 heteroatoms. The first-order valence-corrected chi connectivity index (χ1v) is 10.9. The van der Waals surface area contributed by atoms with Gasteiger partial charge in [-0.05, 0) is 48.6 Å². The molecule has 1 aliphatic heterocycles. The molecule has 0 radical (unpaired) electrons. The zero-order chi connectivity index (χ0) is 20.9. The number of carbonyl (C=O) groups excluding carboxylic acids is 1. The quantitative estimate of drug-likeness (QED) is 0.518. The minimum atomic E-state index is -0.397. The summed E-state index contributed by atoms with van der Waals surface area (Å²) in [7, 11) is 0. The third-order valence-electron chi connectivity index (χ3n) is 6.00. The van der Waals surface area contributed by atoms with Crippen molar-refractivity contribution >= 4 is 28.2 Å². The summed E-state index contributed by atoms with van der Waals surface area (Å²) in [4.78, 5) is 28.6. The predicted molar refractivity (Wildman–Crippen MR) is 124 cm³/mol. The third kappa shape index (κ3) is 4.40. The number of para-hydroxylation sites is 1. The molecule has 1 aliphatic rings. The molecule has 1 amide bonds. The number of hydrogen-bond donors (Lipinski definition) is 3. The third-order valence-corrected chi connectivity index (χ3v) is 6.00. The number of carbonyl (C=O) groups is 1. The van der Waals surface area contributed by atoms with Gasteiger partial charge in [0.25, 0.3) is 5.91 Å². The lowest BCUT2D eigenvalue weighted by molar-refractivity contribution is 0.102. The van der Waals surface area contributed by atoms with Crippen molar-refractivity contribution < 1.29 is 4.79 Å². The molecule has 1 unspecified atom stereocenters. The Hall–Kier alpha value is -3.08. The normalized spacial score (nSPS) is 17.4. The first-order chi connectivity index (χ1) is 14.6. The van der Waals surface area contributed by atoms with Crippen LogP contribution in [0.3, 0.4) is 0 Å². The maximum Gasteiger partial charge on any atom is 0.261 e. The van der Waals surface area contributed by atoms with Gasteiger partial charge in [-0.3, -0.25) is 9.59 Å². The average molecular weight is 404 g/mol. The molecule has 3 aromatic rings. The first-order valence-electron chi connectivity index (χ1n) is 10.9. The standard InChI is InChI=1S/C25H29N3O2/c1-17-9-5-3-2-4-8-14-26-23-15-18(12-13-19(17)23)28-25(30)21-16-27-22-11-7-6-10-20(22)24(21)29/h6-7,10-13,15-17,26H,2-5,8-9,14H2,1H3,(H,27,29)(H,28,30). The van der Waals surface area contributed by atoms with Gasteiger partial charge in [-0.2, -0.15) is 0 Å². The van der Waals surface area contributed by atoms with E-state index in [1.54, 1.807) is 12.1 Å². The van der Waals surface area contributed by atoms with Crippen molar-refractivity contribution in [2.24, 2.45) is 0 Å². The molecule has 0 aliphatic carbocycles. The zero-order valence-corrected chi connectivity index (χ0v) is 17.5. The van der Waals surface area contributed by atoms with E-state index in [1.165, 1.54) is 43.9 Å². The Morgan fingerprint density at radius 2 is 1.83 bits per heavy atom. The summed E-state index contributed by atoms with van der Waals surface area (Å²) in [5.74, 6) is 0.0744. The van der Waals surface area contributed by atoms with Gasteiger partial charge in [0.15, 0.2) is 0 Å². The number of benzene rings is 2. The van der Waals surface area contributed by atoms with Crippen molar-refractivity contribution in [2.75, 3.05) is 17.2 Å². The number of amides is 1. The molecule has 0 spiro atoms. The molecule has 2 heterocycles. The van der Waals surface area contributed by atoms with Crippen LogP contribution in [0.15, 0.2) is 53.5 Å². The molecule has 0 saturated carbocycles. The van der Waals surface area contributed by atoms with Crippen LogP contribution in [0.25, 0.3) is 10.9 Å². The van der Waals surface area contributed by atoms with Crippen molar-refractivity contribution in [3.8, 4) is 0 Å². The minimum Gasteiger partial charge on any atom is -0.385 e. The smallest absolute Gasteiger partial charge is 0.261 e. The van der Waals surface area contributed by atoms with E-state index in [4.69, 9.17) is 0 Å². The Kier molecular flexibility index (Phi) is 6.17. The van der Waals surface area contributed by atoms with E-state index >= 15 is 0 Å². The number of aromatic nitrogens is 1. The largest absolute Gasteiger partial charge is 0.385 e. The number of rotatable bonds is 2. The van der Waals surface area contributed by atoms with Crippen molar-refractivity contribution in [3.63, 3.8) is 0 Å². The summed E-state index contributed by atoms with van der Waals surface area (Å²) < 4.78 is 0. The van der Waals surface area contributed by atoms with Crippen LogP contribution in [0.4, 0.5) is 11.4 Å². The van der Waals surface area contributed by atoms with Crippen molar-refractivity contribution in [3.05, 3.63) is 70.0 Å². The maximum absolute atomic E-state index is 12.8. The Balaban J connectivity index is 1.59. The van der Waals surface area contributed by atoms with Crippen LogP contribution >= 0.6 is 0 Å². The zero-order valence-electron chi connectivity index (χ0n) is 17.5. The van der Waals surface area contributed by atoms with Crippen LogP contribution in [-0.4, -0.2) is 17.4 Å². The monoisotopic (exact) mass is 403 g/mol. The molecular weight excluding hydrogens is 374 g/mol. The summed E-state index contributed by atoms with van der Waals surface area (Å²) in [6, 6.07) is 13.2. The average Bonchev–Trinajstić information content (AvgIpc) is 2.79. The minimum absolute atomic E-state index is 0.117. The molecule has 156 valence electrons. The SMILES string of the molecule is CC1CCCCCCCNc2cc(NC(=O)c3c[nH]c4ccccc4c3=O)ccc21. The molecule has 2 aromatic carbocycles. The number of fused-ring (bicyclic) bond motifs is 2. The fourth-order valence-corrected chi connectivity index (χ4v) is 4.24. The van der Waals surface area contributed by atoms with Gasteiger partial charge in [0.1, 0.15) is 5.56 Å². The van der Waals surface area contributed by atoms with Crippen LogP contribution in [0, 0.1) is 0 Å². The van der Waals surface area contributed by atoms with Gasteiger partial charge in [0.2, 0.25) is 5.43 Å². The molecule has 4 rings (SSSR count). The Bertz CT molecular complexity index is 1100. The molecule has 3 N–H and O–H groups in total. The first kappa shape index (κ1) is 20.2. The van der Waals surface area contributed by atoms with Gasteiger partial charge in [0.05, 0.1) is 0 Å². The number of anilines is 2. The number of pyridine rings is 1. The second-order valence-electron chi connectivity index (χ2n) is 8.22. The van der Waals surface area contributed by atoms with Crippen molar-refractivity contribution in [1.29, 1.82) is 0 Å². The van der Waals surface area contributed by atoms with E-state index in [0.29, 0.717) is 17.0 Å². The van der Waals surface area contributed by atoms with Gasteiger partial charge in [-0.1, -0.05) is 50.8 Å². The van der Waals surface area contributed by atoms with Gasteiger partial charge < -0.3 is 15.6 Å². The van der Waals surface area contributed by atoms with E-state index in [2.05, 4.69) is 28.6 Å². The second-order valence-corrected chi connectivity index (χ2v) is 8.22. The van der Waals surface area contributed by atoms with Crippen molar-refractivity contribution in [2.45, 2.75) is 51.4 Å². The maximum atomic E-state index is 12.8. The van der Waals surface area contributed by atoms with Crippen LogP contribution in [0.2, 0.25) is 0 Å². The number of aromatic amines is 1. The predicted octanol–water partition coefficient (Wildman–Crippen LogP) is 5.65. The molecule has 1 atom stereocenters.